The molecule has 3 aromatic rings. The molecule has 3 rings (SSSR count). The molecule has 0 radical (unpaired) electrons. The van der Waals surface area contributed by atoms with Gasteiger partial charge in [0.2, 0.25) is 0 Å². The summed E-state index contributed by atoms with van der Waals surface area (Å²) in [5, 5.41) is 7.87. The predicted octanol–water partition coefficient (Wildman–Crippen LogP) is 5.81. The van der Waals surface area contributed by atoms with Crippen molar-refractivity contribution in [1.29, 1.82) is 5.41 Å². The molecule has 0 amide bonds. The third kappa shape index (κ3) is 4.54. The number of nitrogens with two attached hydrogens (primary N) is 1. The van der Waals surface area contributed by atoms with E-state index < -0.39 is 0 Å². The average Bonchev–Trinajstić information content (AvgIpc) is 3.05. The van der Waals surface area contributed by atoms with Crippen LogP contribution in [0.25, 0.3) is 28.6 Å². The van der Waals surface area contributed by atoms with E-state index in [1.807, 2.05) is 26.8 Å². The number of nitrogens with one attached hydrogen (secondary N) is 2. The first-order chi connectivity index (χ1) is 13.6. The van der Waals surface area contributed by atoms with Gasteiger partial charge in [0.25, 0.3) is 0 Å². The van der Waals surface area contributed by atoms with Crippen LogP contribution < -0.4 is 5.73 Å². The zero-order valence-corrected chi connectivity index (χ0v) is 17.5. The summed E-state index contributed by atoms with van der Waals surface area (Å²) < 4.78 is 13.8. The monoisotopic (exact) mass is 411 g/mol. The van der Waals surface area contributed by atoms with E-state index in [2.05, 4.69) is 9.97 Å². The standard InChI is InChI=1S/C22H23ClFN5/c1-12-9-13(5-6-16(12)24)19-20(14-7-8-27-17(25)10-14)29-18(28-19)11-15(21(23)26)22(2,3)4/h5-11,26H,1-4H3,(H2,25,27)(H,28,29)/b15-11+,26-21?. The molecule has 0 saturated carbocycles. The van der Waals surface area contributed by atoms with Gasteiger partial charge in [0.1, 0.15) is 22.6 Å². The third-order valence-electron chi connectivity index (χ3n) is 4.55. The van der Waals surface area contributed by atoms with Gasteiger partial charge in [-0.3, -0.25) is 5.41 Å². The van der Waals surface area contributed by atoms with Crippen molar-refractivity contribution in [3.05, 3.63) is 59.3 Å². The molecule has 0 fully saturated rings. The van der Waals surface area contributed by atoms with Crippen LogP contribution >= 0.6 is 11.6 Å². The topological polar surface area (TPSA) is 91.4 Å². The number of rotatable bonds is 4. The Labute approximate surface area is 174 Å². The van der Waals surface area contributed by atoms with Gasteiger partial charge >= 0.3 is 0 Å². The number of hydrogen-bond donors (Lipinski definition) is 3. The molecule has 0 aliphatic rings. The Hall–Kier alpha value is -2.99. The summed E-state index contributed by atoms with van der Waals surface area (Å²) >= 11 is 6.02. The van der Waals surface area contributed by atoms with Crippen LogP contribution in [0.5, 0.6) is 0 Å². The number of anilines is 1. The van der Waals surface area contributed by atoms with Gasteiger partial charge in [-0.2, -0.15) is 0 Å². The summed E-state index contributed by atoms with van der Waals surface area (Å²) in [5.74, 6) is 0.653. The highest BCUT2D eigenvalue weighted by Gasteiger charge is 2.22. The van der Waals surface area contributed by atoms with E-state index in [1.165, 1.54) is 6.07 Å². The van der Waals surface area contributed by atoms with E-state index in [9.17, 15) is 4.39 Å². The lowest BCUT2D eigenvalue weighted by Gasteiger charge is -2.20. The molecule has 0 aliphatic heterocycles. The molecule has 0 saturated heterocycles. The number of hydrogen-bond acceptors (Lipinski definition) is 4. The van der Waals surface area contributed by atoms with Crippen LogP contribution in [-0.2, 0) is 0 Å². The maximum Gasteiger partial charge on any atom is 0.131 e. The Balaban J connectivity index is 2.23. The van der Waals surface area contributed by atoms with E-state index in [0.717, 1.165) is 16.8 Å². The number of halogens is 2. The number of pyridine rings is 1. The molecular formula is C22H23ClFN5. The van der Waals surface area contributed by atoms with E-state index in [0.29, 0.717) is 28.5 Å². The first kappa shape index (κ1) is 20.7. The average molecular weight is 412 g/mol. The van der Waals surface area contributed by atoms with Gasteiger partial charge in [-0.15, -0.1) is 0 Å². The van der Waals surface area contributed by atoms with E-state index in [1.54, 1.807) is 37.4 Å². The Kier molecular flexibility index (Phi) is 5.57. The molecule has 0 bridgehead atoms. The number of benzene rings is 1. The quantitative estimate of drug-likeness (QED) is 0.472. The molecule has 150 valence electrons. The van der Waals surface area contributed by atoms with Gasteiger partial charge in [-0.25, -0.2) is 14.4 Å². The fourth-order valence-corrected chi connectivity index (χ4v) is 3.36. The molecule has 2 heterocycles. The van der Waals surface area contributed by atoms with Gasteiger partial charge in [-0.1, -0.05) is 32.4 Å². The van der Waals surface area contributed by atoms with Crippen LogP contribution in [0.2, 0.25) is 0 Å². The van der Waals surface area contributed by atoms with Gasteiger partial charge in [0, 0.05) is 17.3 Å². The lowest BCUT2D eigenvalue weighted by Crippen LogP contribution is -2.14. The van der Waals surface area contributed by atoms with Crippen molar-refractivity contribution in [3.63, 3.8) is 0 Å². The summed E-state index contributed by atoms with van der Waals surface area (Å²) in [6, 6.07) is 8.44. The van der Waals surface area contributed by atoms with Gasteiger partial charge in [0.15, 0.2) is 0 Å². The lowest BCUT2D eigenvalue weighted by molar-refractivity contribution is 0.528. The molecule has 4 N–H and O–H groups in total. The van der Waals surface area contributed by atoms with Crippen LogP contribution in [-0.4, -0.2) is 20.1 Å². The number of aromatic nitrogens is 3. The Morgan fingerprint density at radius 1 is 1.21 bits per heavy atom. The Morgan fingerprint density at radius 3 is 2.52 bits per heavy atom. The Morgan fingerprint density at radius 2 is 1.93 bits per heavy atom. The molecule has 1 aromatic carbocycles. The van der Waals surface area contributed by atoms with Crippen molar-refractivity contribution in [2.45, 2.75) is 27.7 Å². The second-order valence-corrected chi connectivity index (χ2v) is 8.28. The van der Waals surface area contributed by atoms with Crippen LogP contribution in [0.4, 0.5) is 10.2 Å². The predicted molar refractivity (Wildman–Crippen MR) is 117 cm³/mol. The summed E-state index contributed by atoms with van der Waals surface area (Å²) in [6.07, 6.45) is 3.39. The zero-order valence-electron chi connectivity index (χ0n) is 16.8. The first-order valence-corrected chi connectivity index (χ1v) is 9.49. The number of nitrogen functional groups attached to an aromatic ring is 1. The minimum Gasteiger partial charge on any atom is -0.384 e. The summed E-state index contributed by atoms with van der Waals surface area (Å²) in [4.78, 5) is 12.1. The molecule has 5 nitrogen and oxygen atoms in total. The molecule has 29 heavy (non-hydrogen) atoms. The van der Waals surface area contributed by atoms with Crippen molar-refractivity contribution in [1.82, 2.24) is 15.0 Å². The number of nitrogens with zero attached hydrogens (tertiary/aromatic N) is 2. The van der Waals surface area contributed by atoms with Crippen molar-refractivity contribution in [2.24, 2.45) is 5.41 Å². The van der Waals surface area contributed by atoms with Crippen molar-refractivity contribution in [2.75, 3.05) is 5.73 Å². The third-order valence-corrected chi connectivity index (χ3v) is 4.75. The van der Waals surface area contributed by atoms with Crippen LogP contribution in [0.3, 0.4) is 0 Å². The molecule has 7 heteroatoms. The first-order valence-electron chi connectivity index (χ1n) is 9.11. The molecular weight excluding hydrogens is 389 g/mol. The van der Waals surface area contributed by atoms with Gasteiger partial charge in [0.05, 0.1) is 11.4 Å². The zero-order chi connectivity index (χ0) is 21.3. The van der Waals surface area contributed by atoms with Crippen molar-refractivity contribution < 1.29 is 4.39 Å². The van der Waals surface area contributed by atoms with E-state index in [4.69, 9.17) is 27.7 Å². The fourth-order valence-electron chi connectivity index (χ4n) is 3.02. The molecule has 0 atom stereocenters. The van der Waals surface area contributed by atoms with Crippen LogP contribution in [0.1, 0.15) is 32.2 Å². The number of allylic oxidation sites excluding steroid dienone is 1. The second-order valence-electron chi connectivity index (χ2n) is 7.90. The highest BCUT2D eigenvalue weighted by molar-refractivity contribution is 6.69. The minimum atomic E-state index is -0.334. The highest BCUT2D eigenvalue weighted by Crippen LogP contribution is 2.34. The van der Waals surface area contributed by atoms with E-state index in [-0.39, 0.29) is 16.4 Å². The normalized spacial score (nSPS) is 12.3. The summed E-state index contributed by atoms with van der Waals surface area (Å²) in [7, 11) is 0. The molecule has 0 spiro atoms. The van der Waals surface area contributed by atoms with E-state index >= 15 is 0 Å². The maximum atomic E-state index is 13.8. The molecule has 0 aliphatic carbocycles. The van der Waals surface area contributed by atoms with Crippen molar-refractivity contribution in [3.8, 4) is 22.5 Å². The Bertz CT molecular complexity index is 1110. The SMILES string of the molecule is Cc1cc(-c2nc(/C=C(\C(=N)Cl)C(C)(C)C)[nH]c2-c2ccnc(N)c2)ccc1F. The maximum absolute atomic E-state index is 13.8. The van der Waals surface area contributed by atoms with Gasteiger partial charge in [-0.05, 0) is 59.9 Å². The number of aromatic amines is 1. The molecule has 2 aromatic heterocycles. The number of imidazole rings is 1. The largest absolute Gasteiger partial charge is 0.384 e. The summed E-state index contributed by atoms with van der Waals surface area (Å²) in [6.45, 7) is 7.65. The smallest absolute Gasteiger partial charge is 0.131 e. The van der Waals surface area contributed by atoms with Crippen molar-refractivity contribution >= 4 is 28.7 Å². The minimum absolute atomic E-state index is 0.0391. The van der Waals surface area contributed by atoms with Gasteiger partial charge < -0.3 is 10.7 Å². The number of H-pyrrole nitrogens is 1. The second kappa shape index (κ2) is 7.79. The fraction of sp³-hybridized carbons (Fsp3) is 0.227. The summed E-state index contributed by atoms with van der Waals surface area (Å²) in [5.41, 5.74) is 9.66. The number of aryl methyl sites for hydroxylation is 1. The van der Waals surface area contributed by atoms with Crippen LogP contribution in [0, 0.1) is 23.6 Å². The molecule has 0 unspecified atom stereocenters. The van der Waals surface area contributed by atoms with Crippen LogP contribution in [0.15, 0.2) is 42.1 Å². The highest BCUT2D eigenvalue weighted by atomic mass is 35.5. The lowest BCUT2D eigenvalue weighted by atomic mass is 9.86.